The minimum absolute atomic E-state index is 0.00546. The zero-order valence-electron chi connectivity index (χ0n) is 63.7. The number of fused-ring (bicyclic) bond motifs is 7. The Morgan fingerprint density at radius 2 is 0.918 bits per heavy atom. The van der Waals surface area contributed by atoms with E-state index < -0.39 is 153 Å². The third-order valence-corrected chi connectivity index (χ3v) is 46.2. The highest BCUT2D eigenvalue weighted by atomic mass is 32.2. The van der Waals surface area contributed by atoms with Gasteiger partial charge in [-0.1, -0.05) is 55.4 Å². The molecule has 14 aliphatic carbocycles. The number of esters is 4. The van der Waals surface area contributed by atoms with E-state index in [1.807, 2.05) is 47.6 Å². The average molecular weight is 1690 g/mol. The van der Waals surface area contributed by atoms with Crippen LogP contribution < -0.4 is 0 Å². The summed E-state index contributed by atoms with van der Waals surface area (Å²) in [5.41, 5.74) is -2.18. The minimum Gasteiger partial charge on any atom is -0.469 e. The van der Waals surface area contributed by atoms with Gasteiger partial charge in [-0.2, -0.15) is 64.2 Å². The fourth-order valence-corrected chi connectivity index (χ4v) is 41.6. The van der Waals surface area contributed by atoms with Crippen molar-refractivity contribution in [1.82, 2.24) is 0 Å². The van der Waals surface area contributed by atoms with Crippen molar-refractivity contribution in [1.29, 1.82) is 5.26 Å². The molecule has 7 aliphatic heterocycles. The molecule has 39 heteroatoms. The number of aliphatic hydroxyl groups is 2. The molecule has 37 unspecified atom stereocenters. The smallest absolute Gasteiger partial charge is 0.330 e. The van der Waals surface area contributed by atoms with Gasteiger partial charge in [0.1, 0.15) is 16.6 Å². The lowest BCUT2D eigenvalue weighted by Gasteiger charge is -2.35. The van der Waals surface area contributed by atoms with Crippen molar-refractivity contribution in [2.45, 2.75) is 231 Å². The van der Waals surface area contributed by atoms with Gasteiger partial charge in [0.15, 0.2) is 9.49 Å². The van der Waals surface area contributed by atoms with Crippen LogP contribution in [0, 0.1) is 145 Å². The molecule has 620 valence electrons. The topological polar surface area (TPSA) is 473 Å². The maximum atomic E-state index is 12.3. The monoisotopic (exact) mass is 1690 g/mol. The SMILES string of the molecule is CC(=O)OCC12CC3C(COC(C)=O)(C1)C(OS3(=O)=O)C2C.CC1C2CC3C1OS(=O)(=O)C3(C#N)C2.CC1C2CC3C1OS(=O)(=O)C3(C)C2.CC1C2CC3C1OS(=O)(=O)C3C2C.CC1C2OS(=O)(=O)C3CC1(CO)CC23CO.COC(=O)C12CC3CC1C(OS2(=O)=O)C3C.COC(=O)C1C2CC3C(OS(=O)(=O)C31)C2C. The number of ether oxygens (including phenoxy) is 4. The highest BCUT2D eigenvalue weighted by Crippen LogP contribution is 2.73. The van der Waals surface area contributed by atoms with Gasteiger partial charge in [-0.05, 0) is 161 Å². The van der Waals surface area contributed by atoms with Gasteiger partial charge in [0.2, 0.25) is 0 Å². The lowest BCUT2D eigenvalue weighted by molar-refractivity contribution is -0.148. The molecule has 0 aromatic heterocycles. The van der Waals surface area contributed by atoms with E-state index >= 15 is 0 Å². The van der Waals surface area contributed by atoms with Crippen molar-refractivity contribution in [2.24, 2.45) is 134 Å². The molecule has 32 nitrogen and oxygen atoms in total. The van der Waals surface area contributed by atoms with Gasteiger partial charge in [0, 0.05) is 66.3 Å². The predicted octanol–water partition coefficient (Wildman–Crippen LogP) is 3.38. The summed E-state index contributed by atoms with van der Waals surface area (Å²) >= 11 is 0. The van der Waals surface area contributed by atoms with Crippen LogP contribution in [0.15, 0.2) is 0 Å². The van der Waals surface area contributed by atoms with Gasteiger partial charge in [0.05, 0.1) is 103 Å². The van der Waals surface area contributed by atoms with Crippen LogP contribution in [0.2, 0.25) is 0 Å². The molecule has 21 aliphatic rings. The first kappa shape index (κ1) is 81.8. The summed E-state index contributed by atoms with van der Waals surface area (Å²) < 4.78 is 219. The predicted molar refractivity (Wildman–Crippen MR) is 379 cm³/mol. The van der Waals surface area contributed by atoms with E-state index in [4.69, 9.17) is 48.8 Å². The van der Waals surface area contributed by atoms with Crippen molar-refractivity contribution in [2.75, 3.05) is 40.6 Å². The van der Waals surface area contributed by atoms with E-state index in [0.29, 0.717) is 85.9 Å². The second-order valence-corrected chi connectivity index (χ2v) is 49.6. The third kappa shape index (κ3) is 10.9. The van der Waals surface area contributed by atoms with Crippen molar-refractivity contribution in [3.8, 4) is 6.07 Å². The molecule has 0 spiro atoms. The number of methoxy groups -OCH3 is 2. The number of nitriles is 1. The number of hydrogen-bond acceptors (Lipinski definition) is 32. The van der Waals surface area contributed by atoms with Crippen LogP contribution >= 0.6 is 0 Å². The van der Waals surface area contributed by atoms with Gasteiger partial charge in [0.25, 0.3) is 70.8 Å². The molecule has 0 radical (unpaired) electrons. The zero-order valence-corrected chi connectivity index (χ0v) is 69.4. The number of carbonyl (C=O) groups excluding carboxylic acids is 4. The van der Waals surface area contributed by atoms with Crippen LogP contribution in [0.4, 0.5) is 0 Å². The largest absolute Gasteiger partial charge is 0.469 e. The van der Waals surface area contributed by atoms with Gasteiger partial charge < -0.3 is 29.2 Å². The molecule has 0 aromatic rings. The van der Waals surface area contributed by atoms with E-state index in [1.165, 1.54) is 28.1 Å². The van der Waals surface area contributed by atoms with Gasteiger partial charge in [-0.15, -0.1) is 0 Å². The number of aliphatic hydroxyl groups excluding tert-OH is 2. The van der Waals surface area contributed by atoms with Crippen molar-refractivity contribution >= 4 is 94.7 Å². The first-order chi connectivity index (χ1) is 50.9. The first-order valence-corrected chi connectivity index (χ1v) is 48.6. The van der Waals surface area contributed by atoms with Gasteiger partial charge in [-0.25, -0.2) is 0 Å². The fourth-order valence-electron chi connectivity index (χ4n) is 27.1. The highest BCUT2D eigenvalue weighted by Gasteiger charge is 2.81. The first-order valence-electron chi connectivity index (χ1n) is 38.5. The molecule has 21 rings (SSSR count). The van der Waals surface area contributed by atoms with Crippen LogP contribution in [0.3, 0.4) is 0 Å². The summed E-state index contributed by atoms with van der Waals surface area (Å²) in [4.78, 5) is 45.8. The van der Waals surface area contributed by atoms with Crippen molar-refractivity contribution in [3.05, 3.63) is 0 Å². The maximum absolute atomic E-state index is 12.3. The second kappa shape index (κ2) is 26.1. The zero-order chi connectivity index (χ0) is 80.4. The molecule has 21 fully saturated rings. The normalized spacial score (nSPS) is 54.1. The number of hydrogen-bond donors (Lipinski definition) is 2. The molecule has 37 atom stereocenters. The Hall–Kier alpha value is -3.34. The molecule has 7 heterocycles. The van der Waals surface area contributed by atoms with E-state index in [2.05, 4.69) is 25.5 Å². The van der Waals surface area contributed by atoms with Crippen molar-refractivity contribution in [3.63, 3.8) is 0 Å². The van der Waals surface area contributed by atoms with E-state index in [-0.39, 0.29) is 133 Å². The Morgan fingerprint density at radius 1 is 0.455 bits per heavy atom. The van der Waals surface area contributed by atoms with E-state index in [0.717, 1.165) is 38.5 Å². The van der Waals surface area contributed by atoms with Crippen molar-refractivity contribution < 1.29 is 137 Å². The summed E-state index contributed by atoms with van der Waals surface area (Å²) in [6, 6.07) is 2.00. The molecular weight excluding hydrogens is 1590 g/mol. The Morgan fingerprint density at radius 3 is 1.44 bits per heavy atom. The Kier molecular flexibility index (Phi) is 19.4. The van der Waals surface area contributed by atoms with Crippen LogP contribution in [-0.2, 0) is 138 Å². The number of nitrogens with zero attached hydrogens (tertiary/aromatic N) is 1. The minimum atomic E-state index is -3.81. The summed E-state index contributed by atoms with van der Waals surface area (Å²) in [7, 11) is -22.2. The summed E-state index contributed by atoms with van der Waals surface area (Å²) in [6.45, 7) is 20.6. The Labute approximate surface area is 644 Å². The van der Waals surface area contributed by atoms with Crippen LogP contribution in [-0.4, -0.2) is 212 Å². The number of carbonyl (C=O) groups is 4. The van der Waals surface area contributed by atoms with E-state index in [1.54, 1.807) is 0 Å². The Bertz CT molecular complexity index is 4750. The van der Waals surface area contributed by atoms with Gasteiger partial charge >= 0.3 is 23.9 Å². The van der Waals surface area contributed by atoms with Crippen LogP contribution in [0.1, 0.15) is 153 Å². The molecule has 2 N–H and O–H groups in total. The van der Waals surface area contributed by atoms with Crippen LogP contribution in [0.25, 0.3) is 0 Å². The molecule has 14 bridgehead atoms. The van der Waals surface area contributed by atoms with Crippen LogP contribution in [0.5, 0.6) is 0 Å². The molecule has 0 amide bonds. The second-order valence-electron chi connectivity index (χ2n) is 36.9. The van der Waals surface area contributed by atoms with E-state index in [9.17, 15) is 88.3 Å². The summed E-state index contributed by atoms with van der Waals surface area (Å²) in [6.07, 6.45) is 6.33. The third-order valence-electron chi connectivity index (χ3n) is 32.8. The standard InChI is InChI=1S/C14H20O7S.C10H16O5S.2C10H14O5S.C9H11NO3S.2C9H14O3S/c1-8-12-14(7-20-10(3)16)5-13(8,6-19-9(2)15)4-11(14)22(17,18)21-12;1-6-8-10(5-12)3-9(6,4-11)2-7(10)16(13,14)15-8;1-5-6-3-7-8(5)15-16(12,13)10(7,4-6)9(11)14-2;1-4-5-3-6-8(4)15-16(12,13)9(6)7(5)10(11)14-2;1-5-6-2-7-8(5)13-14(11,12)9(7,3-6)4-10;1-5-6-3-7-8(5)12-13(10,11)9(7,2)4-6;1-4-6-3-7-8(4)12-13(10,11)9(7)5(6)2/h8,11-12H,4-7H2,1-3H3;6-8,11-12H,2-5H2,1H3;5-8H,3-4H2,1-2H3;4-9H,3H2,1-2H3;5-8H,2-3H2,1H3;5-8H,3-4H2,1-2H3;4-9H,3H2,1-2H3. The average Bonchev–Trinajstić information content (AvgIpc) is 1.48. The summed E-state index contributed by atoms with van der Waals surface area (Å²) in [5.74, 6) is 1.52. The fraction of sp³-hybridized carbons (Fsp3) is 0.930. The molecule has 110 heavy (non-hydrogen) atoms. The molecule has 0 aromatic carbocycles. The highest BCUT2D eigenvalue weighted by molar-refractivity contribution is 7.90. The summed E-state index contributed by atoms with van der Waals surface area (Å²) in [5, 5.41) is 26.0. The quantitative estimate of drug-likeness (QED) is 0.200. The molecule has 14 saturated carbocycles. The van der Waals surface area contributed by atoms with Gasteiger partial charge in [-0.3, -0.25) is 48.5 Å². The molecular formula is C71H103NO31S7. The Balaban J connectivity index is 0.000000103. The molecule has 7 saturated heterocycles. The lowest BCUT2D eigenvalue weighted by Crippen LogP contribution is -2.48. The number of rotatable bonds is 8. The maximum Gasteiger partial charge on any atom is 0.330 e. The lowest BCUT2D eigenvalue weighted by atomic mass is 9.73.